The fourth-order valence-corrected chi connectivity index (χ4v) is 1.97. The van der Waals surface area contributed by atoms with E-state index < -0.39 is 18.4 Å². The molecule has 0 aliphatic rings. The van der Waals surface area contributed by atoms with Crippen LogP contribution in [0.1, 0.15) is 11.6 Å². The Balaban J connectivity index is 3.51. The molecule has 0 aliphatic carbocycles. The van der Waals surface area contributed by atoms with Crippen LogP contribution in [0.3, 0.4) is 0 Å². The van der Waals surface area contributed by atoms with Gasteiger partial charge in [0.2, 0.25) is 0 Å². The standard InChI is InChI=1S/C13H17F4NO3/c1-18-11(13(16,17)12(14)15)10-8(20-3)5-7(19-2)6-9(10)21-4/h5-6,11-12,18H,1-4H3. The highest BCUT2D eigenvalue weighted by Crippen LogP contribution is 2.45. The molecule has 0 spiro atoms. The van der Waals surface area contributed by atoms with Gasteiger partial charge in [-0.1, -0.05) is 0 Å². The molecule has 21 heavy (non-hydrogen) atoms. The van der Waals surface area contributed by atoms with Crippen molar-refractivity contribution in [1.29, 1.82) is 0 Å². The quantitative estimate of drug-likeness (QED) is 0.786. The lowest BCUT2D eigenvalue weighted by Crippen LogP contribution is -2.41. The maximum absolute atomic E-state index is 13.8. The first-order chi connectivity index (χ1) is 9.83. The number of benzene rings is 1. The van der Waals surface area contributed by atoms with Crippen LogP contribution in [0.5, 0.6) is 17.2 Å². The van der Waals surface area contributed by atoms with Crippen molar-refractivity contribution >= 4 is 0 Å². The lowest BCUT2D eigenvalue weighted by atomic mass is 9.98. The number of halogens is 4. The van der Waals surface area contributed by atoms with E-state index in [2.05, 4.69) is 5.32 Å². The summed E-state index contributed by atoms with van der Waals surface area (Å²) in [4.78, 5) is 0. The number of hydrogen-bond donors (Lipinski definition) is 1. The second-order valence-electron chi connectivity index (χ2n) is 4.14. The Bertz CT molecular complexity index is 457. The SMILES string of the molecule is CNC(c1c(OC)cc(OC)cc1OC)C(F)(F)C(F)F. The van der Waals surface area contributed by atoms with Gasteiger partial charge < -0.3 is 19.5 Å². The summed E-state index contributed by atoms with van der Waals surface area (Å²) in [6.45, 7) is 0. The van der Waals surface area contributed by atoms with E-state index in [1.54, 1.807) is 0 Å². The van der Waals surface area contributed by atoms with E-state index >= 15 is 0 Å². The van der Waals surface area contributed by atoms with Crippen molar-refractivity contribution in [2.45, 2.75) is 18.4 Å². The molecule has 8 heteroatoms. The Morgan fingerprint density at radius 2 is 1.48 bits per heavy atom. The van der Waals surface area contributed by atoms with Crippen molar-refractivity contribution in [2.75, 3.05) is 28.4 Å². The van der Waals surface area contributed by atoms with Crippen molar-refractivity contribution in [2.24, 2.45) is 0 Å². The van der Waals surface area contributed by atoms with Crippen LogP contribution in [-0.2, 0) is 0 Å². The van der Waals surface area contributed by atoms with Gasteiger partial charge in [-0.05, 0) is 7.05 Å². The van der Waals surface area contributed by atoms with Gasteiger partial charge in [0.25, 0.3) is 0 Å². The maximum Gasteiger partial charge on any atom is 0.326 e. The highest BCUT2D eigenvalue weighted by molar-refractivity contribution is 5.53. The second-order valence-corrected chi connectivity index (χ2v) is 4.14. The Labute approximate surface area is 120 Å². The van der Waals surface area contributed by atoms with Crippen molar-refractivity contribution in [3.05, 3.63) is 17.7 Å². The van der Waals surface area contributed by atoms with Crippen molar-refractivity contribution < 1.29 is 31.8 Å². The largest absolute Gasteiger partial charge is 0.496 e. The maximum atomic E-state index is 13.8. The first kappa shape index (κ1) is 17.4. The highest BCUT2D eigenvalue weighted by atomic mass is 19.3. The molecule has 0 radical (unpaired) electrons. The van der Waals surface area contributed by atoms with Gasteiger partial charge in [0.05, 0.1) is 26.9 Å². The van der Waals surface area contributed by atoms with Crippen molar-refractivity contribution in [3.63, 3.8) is 0 Å². The van der Waals surface area contributed by atoms with Gasteiger partial charge in [-0.15, -0.1) is 0 Å². The molecule has 1 aromatic rings. The molecular formula is C13H17F4NO3. The minimum absolute atomic E-state index is 0.0362. The summed E-state index contributed by atoms with van der Waals surface area (Å²) in [6, 6.07) is 0.668. The molecule has 0 aliphatic heterocycles. The summed E-state index contributed by atoms with van der Waals surface area (Å²) < 4.78 is 67.8. The predicted octanol–water partition coefficient (Wildman–Crippen LogP) is 2.87. The van der Waals surface area contributed by atoms with Crippen molar-refractivity contribution in [3.8, 4) is 17.2 Å². The fourth-order valence-electron chi connectivity index (χ4n) is 1.97. The van der Waals surface area contributed by atoms with Crippen LogP contribution in [0.25, 0.3) is 0 Å². The van der Waals surface area contributed by atoms with E-state index in [-0.39, 0.29) is 17.1 Å². The van der Waals surface area contributed by atoms with Gasteiger partial charge in [-0.3, -0.25) is 0 Å². The average Bonchev–Trinajstić information content (AvgIpc) is 2.47. The van der Waals surface area contributed by atoms with Crippen LogP contribution < -0.4 is 19.5 Å². The Kier molecular flexibility index (Phi) is 5.65. The molecule has 120 valence electrons. The molecule has 1 aromatic carbocycles. The van der Waals surface area contributed by atoms with Gasteiger partial charge >= 0.3 is 12.3 Å². The first-order valence-corrected chi connectivity index (χ1v) is 5.96. The van der Waals surface area contributed by atoms with Gasteiger partial charge in [0.1, 0.15) is 23.3 Å². The monoisotopic (exact) mass is 311 g/mol. The van der Waals surface area contributed by atoms with Crippen LogP contribution in [0.4, 0.5) is 17.6 Å². The minimum Gasteiger partial charge on any atom is -0.496 e. The topological polar surface area (TPSA) is 39.7 Å². The lowest BCUT2D eigenvalue weighted by molar-refractivity contribution is -0.151. The summed E-state index contributed by atoms with van der Waals surface area (Å²) in [5.74, 6) is -4.08. The third-order valence-corrected chi connectivity index (χ3v) is 3.01. The molecule has 1 atom stereocenters. The van der Waals surface area contributed by atoms with E-state index in [1.807, 2.05) is 0 Å². The average molecular weight is 311 g/mol. The lowest BCUT2D eigenvalue weighted by Gasteiger charge is -2.28. The highest BCUT2D eigenvalue weighted by Gasteiger charge is 2.50. The van der Waals surface area contributed by atoms with Crippen LogP contribution in [0, 0.1) is 0 Å². The van der Waals surface area contributed by atoms with E-state index in [1.165, 1.54) is 33.5 Å². The van der Waals surface area contributed by atoms with Crippen LogP contribution >= 0.6 is 0 Å². The number of ether oxygens (including phenoxy) is 3. The summed E-state index contributed by atoms with van der Waals surface area (Å²) in [7, 11) is 5.01. The van der Waals surface area contributed by atoms with Gasteiger partial charge in [-0.25, -0.2) is 8.78 Å². The summed E-state index contributed by atoms with van der Waals surface area (Å²) in [5.41, 5.74) is -0.200. The normalized spacial score (nSPS) is 13.2. The second kappa shape index (κ2) is 6.84. The molecule has 1 unspecified atom stereocenters. The predicted molar refractivity (Wildman–Crippen MR) is 68.8 cm³/mol. The number of rotatable bonds is 7. The molecule has 0 bridgehead atoms. The number of alkyl halides is 4. The molecule has 0 saturated carbocycles. The zero-order chi connectivity index (χ0) is 16.2. The molecule has 0 heterocycles. The molecule has 0 amide bonds. The summed E-state index contributed by atoms with van der Waals surface area (Å²) in [5, 5.41) is 2.20. The summed E-state index contributed by atoms with van der Waals surface area (Å²) in [6.07, 6.45) is -3.84. The Hall–Kier alpha value is -1.70. The Morgan fingerprint density at radius 3 is 1.76 bits per heavy atom. The first-order valence-electron chi connectivity index (χ1n) is 5.96. The smallest absolute Gasteiger partial charge is 0.326 e. The van der Waals surface area contributed by atoms with E-state index in [4.69, 9.17) is 14.2 Å². The van der Waals surface area contributed by atoms with E-state index in [0.717, 1.165) is 7.05 Å². The third kappa shape index (κ3) is 3.31. The molecule has 0 fully saturated rings. The molecule has 1 N–H and O–H groups in total. The van der Waals surface area contributed by atoms with Crippen molar-refractivity contribution in [1.82, 2.24) is 5.32 Å². The third-order valence-electron chi connectivity index (χ3n) is 3.01. The van der Waals surface area contributed by atoms with Crippen LogP contribution in [0.2, 0.25) is 0 Å². The van der Waals surface area contributed by atoms with E-state index in [9.17, 15) is 17.6 Å². The van der Waals surface area contributed by atoms with E-state index in [0.29, 0.717) is 5.75 Å². The molecular weight excluding hydrogens is 294 g/mol. The summed E-state index contributed by atoms with van der Waals surface area (Å²) >= 11 is 0. The molecule has 0 aromatic heterocycles. The zero-order valence-corrected chi connectivity index (χ0v) is 12.0. The van der Waals surface area contributed by atoms with Gasteiger partial charge in [-0.2, -0.15) is 8.78 Å². The molecule has 4 nitrogen and oxygen atoms in total. The van der Waals surface area contributed by atoms with Crippen LogP contribution in [-0.4, -0.2) is 40.7 Å². The number of nitrogens with one attached hydrogen (secondary N) is 1. The number of methoxy groups -OCH3 is 3. The van der Waals surface area contributed by atoms with Gasteiger partial charge in [0, 0.05) is 12.1 Å². The Morgan fingerprint density at radius 1 is 1.00 bits per heavy atom. The molecule has 1 rings (SSSR count). The number of hydrogen-bond acceptors (Lipinski definition) is 4. The minimum atomic E-state index is -4.30. The van der Waals surface area contributed by atoms with Crippen LogP contribution in [0.15, 0.2) is 12.1 Å². The van der Waals surface area contributed by atoms with Gasteiger partial charge in [0.15, 0.2) is 0 Å². The molecule has 0 saturated heterocycles. The fraction of sp³-hybridized carbons (Fsp3) is 0.538. The zero-order valence-electron chi connectivity index (χ0n) is 12.0.